The van der Waals surface area contributed by atoms with Gasteiger partial charge in [0.15, 0.2) is 0 Å². The van der Waals surface area contributed by atoms with Gasteiger partial charge in [-0.25, -0.2) is 0 Å². The summed E-state index contributed by atoms with van der Waals surface area (Å²) in [5.74, 6) is 0.699. The molecule has 0 aromatic carbocycles. The van der Waals surface area contributed by atoms with Gasteiger partial charge in [0.05, 0.1) is 26.2 Å². The van der Waals surface area contributed by atoms with Gasteiger partial charge in [-0.3, -0.25) is 9.69 Å². The lowest BCUT2D eigenvalue weighted by molar-refractivity contribution is -0.145. The summed E-state index contributed by atoms with van der Waals surface area (Å²) in [6.07, 6.45) is 5.94. The Kier molecular flexibility index (Phi) is 4.80. The number of carbonyl (C=O) groups excluding carboxylic acids is 1. The summed E-state index contributed by atoms with van der Waals surface area (Å²) in [5, 5.41) is 0. The third kappa shape index (κ3) is 3.96. The van der Waals surface area contributed by atoms with Crippen LogP contribution in [0.25, 0.3) is 0 Å². The van der Waals surface area contributed by atoms with Crippen molar-refractivity contribution in [2.75, 3.05) is 33.4 Å². The lowest BCUT2D eigenvalue weighted by atomic mass is 10.1. The van der Waals surface area contributed by atoms with Gasteiger partial charge < -0.3 is 9.47 Å². The quantitative estimate of drug-likeness (QED) is 0.698. The van der Waals surface area contributed by atoms with Crippen LogP contribution in [0.5, 0.6) is 0 Å². The molecule has 0 amide bonds. The molecule has 0 bridgehead atoms. The fraction of sp³-hybridized carbons (Fsp3) is 0.923. The molecule has 1 heterocycles. The standard InChI is InChI=1S/C13H23NO3/c1-16-13(15)8-12-10-14(6-7-17-12)9-11-4-2-3-5-11/h11-12H,2-10H2,1H3. The molecule has 0 N–H and O–H groups in total. The molecule has 1 unspecified atom stereocenters. The Labute approximate surface area is 103 Å². The topological polar surface area (TPSA) is 38.8 Å². The van der Waals surface area contributed by atoms with Gasteiger partial charge in [-0.2, -0.15) is 0 Å². The smallest absolute Gasteiger partial charge is 0.308 e. The Balaban J connectivity index is 1.73. The maximum absolute atomic E-state index is 11.2. The summed E-state index contributed by atoms with van der Waals surface area (Å²) < 4.78 is 10.3. The van der Waals surface area contributed by atoms with Gasteiger partial charge in [0, 0.05) is 19.6 Å². The van der Waals surface area contributed by atoms with Gasteiger partial charge in [0.1, 0.15) is 0 Å². The number of carbonyl (C=O) groups is 1. The van der Waals surface area contributed by atoms with Crippen LogP contribution < -0.4 is 0 Å². The predicted octanol–water partition coefficient (Wildman–Crippen LogP) is 1.44. The molecule has 4 heteroatoms. The van der Waals surface area contributed by atoms with E-state index < -0.39 is 0 Å². The lowest BCUT2D eigenvalue weighted by Gasteiger charge is -2.34. The highest BCUT2D eigenvalue weighted by atomic mass is 16.5. The largest absolute Gasteiger partial charge is 0.469 e. The molecule has 4 nitrogen and oxygen atoms in total. The molecule has 1 saturated carbocycles. The first-order valence-corrected chi connectivity index (χ1v) is 6.68. The second-order valence-corrected chi connectivity index (χ2v) is 5.18. The van der Waals surface area contributed by atoms with Crippen molar-refractivity contribution in [3.63, 3.8) is 0 Å². The summed E-state index contributed by atoms with van der Waals surface area (Å²) in [6.45, 7) is 3.81. The van der Waals surface area contributed by atoms with Gasteiger partial charge in [0.25, 0.3) is 0 Å². The van der Waals surface area contributed by atoms with E-state index in [9.17, 15) is 4.79 Å². The van der Waals surface area contributed by atoms with Gasteiger partial charge in [-0.05, 0) is 18.8 Å². The van der Waals surface area contributed by atoms with E-state index >= 15 is 0 Å². The minimum Gasteiger partial charge on any atom is -0.469 e. The Hall–Kier alpha value is -0.610. The van der Waals surface area contributed by atoms with Crippen molar-refractivity contribution in [3.8, 4) is 0 Å². The van der Waals surface area contributed by atoms with Crippen LogP contribution >= 0.6 is 0 Å². The average Bonchev–Trinajstić information content (AvgIpc) is 2.82. The maximum Gasteiger partial charge on any atom is 0.308 e. The van der Waals surface area contributed by atoms with Crippen LogP contribution in [0.15, 0.2) is 0 Å². The van der Waals surface area contributed by atoms with Crippen LogP contribution in [0.3, 0.4) is 0 Å². The molecule has 1 aliphatic carbocycles. The van der Waals surface area contributed by atoms with E-state index in [2.05, 4.69) is 9.64 Å². The van der Waals surface area contributed by atoms with Crippen molar-refractivity contribution in [1.82, 2.24) is 4.90 Å². The third-order valence-electron chi connectivity index (χ3n) is 3.84. The van der Waals surface area contributed by atoms with Crippen LogP contribution in [-0.4, -0.2) is 50.3 Å². The number of methoxy groups -OCH3 is 1. The lowest BCUT2D eigenvalue weighted by Crippen LogP contribution is -2.45. The second-order valence-electron chi connectivity index (χ2n) is 5.18. The number of hydrogen-bond acceptors (Lipinski definition) is 4. The summed E-state index contributed by atoms with van der Waals surface area (Å²) in [7, 11) is 1.43. The van der Waals surface area contributed by atoms with Crippen molar-refractivity contribution >= 4 is 5.97 Å². The van der Waals surface area contributed by atoms with Gasteiger partial charge in [0.2, 0.25) is 0 Å². The van der Waals surface area contributed by atoms with E-state index in [0.717, 1.165) is 25.6 Å². The van der Waals surface area contributed by atoms with Crippen LogP contribution in [0.4, 0.5) is 0 Å². The number of hydrogen-bond donors (Lipinski definition) is 0. The van der Waals surface area contributed by atoms with Gasteiger partial charge in [-0.1, -0.05) is 12.8 Å². The van der Waals surface area contributed by atoms with E-state index in [-0.39, 0.29) is 12.1 Å². The molecular weight excluding hydrogens is 218 g/mol. The molecule has 0 aromatic heterocycles. The van der Waals surface area contributed by atoms with Crippen LogP contribution in [-0.2, 0) is 14.3 Å². The van der Waals surface area contributed by atoms with Crippen molar-refractivity contribution < 1.29 is 14.3 Å². The Morgan fingerprint density at radius 1 is 1.41 bits per heavy atom. The average molecular weight is 241 g/mol. The molecular formula is C13H23NO3. The highest BCUT2D eigenvalue weighted by Gasteiger charge is 2.26. The Morgan fingerprint density at radius 2 is 2.18 bits per heavy atom. The Bertz CT molecular complexity index is 251. The number of rotatable bonds is 4. The molecule has 2 aliphatic rings. The zero-order valence-corrected chi connectivity index (χ0v) is 10.7. The molecule has 1 atom stereocenters. The van der Waals surface area contributed by atoms with Crippen molar-refractivity contribution in [2.45, 2.75) is 38.2 Å². The number of morpholine rings is 1. The first-order valence-electron chi connectivity index (χ1n) is 6.68. The molecule has 17 heavy (non-hydrogen) atoms. The monoisotopic (exact) mass is 241 g/mol. The zero-order valence-electron chi connectivity index (χ0n) is 10.7. The van der Waals surface area contributed by atoms with Gasteiger partial charge in [-0.15, -0.1) is 0 Å². The van der Waals surface area contributed by atoms with E-state index in [1.807, 2.05) is 0 Å². The predicted molar refractivity (Wildman–Crippen MR) is 64.8 cm³/mol. The minimum atomic E-state index is -0.169. The van der Waals surface area contributed by atoms with Gasteiger partial charge >= 0.3 is 5.97 Å². The normalized spacial score (nSPS) is 27.2. The van der Waals surface area contributed by atoms with E-state index in [1.54, 1.807) is 0 Å². The molecule has 98 valence electrons. The molecule has 2 rings (SSSR count). The van der Waals surface area contributed by atoms with E-state index in [0.29, 0.717) is 6.42 Å². The van der Waals surface area contributed by atoms with Crippen molar-refractivity contribution in [3.05, 3.63) is 0 Å². The van der Waals surface area contributed by atoms with E-state index in [4.69, 9.17) is 4.74 Å². The highest BCUT2D eigenvalue weighted by Crippen LogP contribution is 2.26. The molecule has 0 aromatic rings. The number of ether oxygens (including phenoxy) is 2. The van der Waals surface area contributed by atoms with Crippen LogP contribution in [0, 0.1) is 5.92 Å². The van der Waals surface area contributed by atoms with Crippen LogP contribution in [0.2, 0.25) is 0 Å². The summed E-state index contributed by atoms with van der Waals surface area (Å²) in [5.41, 5.74) is 0. The maximum atomic E-state index is 11.2. The molecule has 2 fully saturated rings. The number of esters is 1. The number of nitrogens with zero attached hydrogens (tertiary/aromatic N) is 1. The summed E-state index contributed by atoms with van der Waals surface area (Å²) in [6, 6.07) is 0. The van der Waals surface area contributed by atoms with Crippen molar-refractivity contribution in [1.29, 1.82) is 0 Å². The third-order valence-corrected chi connectivity index (χ3v) is 3.84. The van der Waals surface area contributed by atoms with E-state index in [1.165, 1.54) is 39.3 Å². The highest BCUT2D eigenvalue weighted by molar-refractivity contribution is 5.69. The zero-order chi connectivity index (χ0) is 12.1. The molecule has 1 aliphatic heterocycles. The molecule has 1 saturated heterocycles. The first kappa shape index (κ1) is 12.8. The molecule has 0 spiro atoms. The van der Waals surface area contributed by atoms with Crippen LogP contribution in [0.1, 0.15) is 32.1 Å². The molecule has 0 radical (unpaired) electrons. The fourth-order valence-corrected chi connectivity index (χ4v) is 2.90. The first-order chi connectivity index (χ1) is 8.28. The SMILES string of the molecule is COC(=O)CC1CN(CC2CCCC2)CCO1. The summed E-state index contributed by atoms with van der Waals surface area (Å²) >= 11 is 0. The second kappa shape index (κ2) is 6.36. The van der Waals surface area contributed by atoms with Crippen molar-refractivity contribution in [2.24, 2.45) is 5.92 Å². The minimum absolute atomic E-state index is 0.0256. The fourth-order valence-electron chi connectivity index (χ4n) is 2.90. The Morgan fingerprint density at radius 3 is 2.88 bits per heavy atom. The summed E-state index contributed by atoms with van der Waals surface area (Å²) in [4.78, 5) is 13.7.